The minimum atomic E-state index is -0.940. The number of ether oxygens (including phenoxy) is 4. The summed E-state index contributed by atoms with van der Waals surface area (Å²) < 4.78 is 24.0. The summed E-state index contributed by atoms with van der Waals surface area (Å²) in [7, 11) is 3.00. The molecule has 2 aromatic carbocycles. The number of benzene rings is 2. The summed E-state index contributed by atoms with van der Waals surface area (Å²) in [6.07, 6.45) is 1.56. The van der Waals surface area contributed by atoms with Crippen molar-refractivity contribution in [3.63, 3.8) is 0 Å². The van der Waals surface area contributed by atoms with Crippen LogP contribution < -0.4 is 24.4 Å². The number of hydrogen-bond donors (Lipinski definition) is 0. The average Bonchev–Trinajstić information content (AvgIpc) is 3.23. The molecule has 4 rings (SSSR count). The molecule has 0 fully saturated rings. The topological polar surface area (TPSA) is 131 Å². The Kier molecular flexibility index (Phi) is 9.17. The number of carbonyl (C=O) groups is 1. The van der Waals surface area contributed by atoms with Crippen LogP contribution in [0.15, 0.2) is 61.9 Å². The summed E-state index contributed by atoms with van der Waals surface area (Å²) in [5.74, 6) is 0.171. The van der Waals surface area contributed by atoms with Gasteiger partial charge in [-0.2, -0.15) is 0 Å². The first-order chi connectivity index (χ1) is 19.2. The van der Waals surface area contributed by atoms with Crippen LogP contribution in [0.2, 0.25) is 0 Å². The number of nitro benzene ring substituents is 1. The van der Waals surface area contributed by atoms with E-state index in [1.807, 2.05) is 6.92 Å². The molecule has 0 bridgehead atoms. The third-order valence-electron chi connectivity index (χ3n) is 6.04. The first kappa shape index (κ1) is 29.2. The van der Waals surface area contributed by atoms with Crippen molar-refractivity contribution in [2.75, 3.05) is 34.0 Å². The highest BCUT2D eigenvalue weighted by Crippen LogP contribution is 2.40. The number of rotatable bonds is 10. The summed E-state index contributed by atoms with van der Waals surface area (Å²) in [5.41, 5.74) is 0.964. The maximum Gasteiger partial charge on any atom is 0.338 e. The molecule has 13 heteroatoms. The van der Waals surface area contributed by atoms with Crippen molar-refractivity contribution in [1.82, 2.24) is 4.57 Å². The second-order valence-electron chi connectivity index (χ2n) is 8.49. The smallest absolute Gasteiger partial charge is 0.338 e. The van der Waals surface area contributed by atoms with Gasteiger partial charge in [0.25, 0.3) is 11.2 Å². The number of aromatic nitrogens is 1. The van der Waals surface area contributed by atoms with Crippen LogP contribution in [-0.4, -0.2) is 49.5 Å². The van der Waals surface area contributed by atoms with Crippen molar-refractivity contribution >= 4 is 45.0 Å². The molecule has 0 spiro atoms. The molecule has 0 saturated heterocycles. The van der Waals surface area contributed by atoms with Crippen LogP contribution in [0.4, 0.5) is 5.69 Å². The van der Waals surface area contributed by atoms with Gasteiger partial charge in [-0.15, -0.1) is 0 Å². The molecule has 0 saturated carbocycles. The summed E-state index contributed by atoms with van der Waals surface area (Å²) in [6, 6.07) is 8.87. The number of carbonyl (C=O) groups excluding carboxylic acids is 1. The molecule has 3 aromatic rings. The Morgan fingerprint density at radius 1 is 1.25 bits per heavy atom. The lowest BCUT2D eigenvalue weighted by molar-refractivity contribution is -0.385. The van der Waals surface area contributed by atoms with Crippen molar-refractivity contribution < 1.29 is 28.7 Å². The van der Waals surface area contributed by atoms with E-state index < -0.39 is 22.5 Å². The van der Waals surface area contributed by atoms with Crippen LogP contribution in [0.5, 0.6) is 11.5 Å². The normalized spacial score (nSPS) is 14.9. The number of halogens is 1. The van der Waals surface area contributed by atoms with Crippen molar-refractivity contribution in [3.8, 4) is 11.5 Å². The molecule has 0 aliphatic carbocycles. The van der Waals surface area contributed by atoms with Gasteiger partial charge in [0.05, 0.1) is 45.5 Å². The number of nitrogens with zero attached hydrogens (tertiary/aromatic N) is 3. The van der Waals surface area contributed by atoms with Gasteiger partial charge in [-0.3, -0.25) is 19.5 Å². The fourth-order valence-electron chi connectivity index (χ4n) is 4.29. The molecule has 0 radical (unpaired) electrons. The molecule has 40 heavy (non-hydrogen) atoms. The number of thiazole rings is 1. The number of hydrogen-bond acceptors (Lipinski definition) is 10. The predicted octanol–water partition coefficient (Wildman–Crippen LogP) is 3.50. The van der Waals surface area contributed by atoms with Gasteiger partial charge in [0.1, 0.15) is 12.6 Å². The molecule has 0 amide bonds. The van der Waals surface area contributed by atoms with Crippen molar-refractivity contribution in [1.29, 1.82) is 0 Å². The van der Waals surface area contributed by atoms with E-state index in [1.54, 1.807) is 43.3 Å². The lowest BCUT2D eigenvalue weighted by Gasteiger charge is -2.27. The Balaban J connectivity index is 1.97. The highest BCUT2D eigenvalue weighted by atomic mass is 79.9. The summed E-state index contributed by atoms with van der Waals surface area (Å²) in [4.78, 5) is 43.1. The summed E-state index contributed by atoms with van der Waals surface area (Å²) >= 11 is 4.29. The zero-order valence-electron chi connectivity index (χ0n) is 22.1. The molecule has 0 unspecified atom stereocenters. The minimum Gasteiger partial charge on any atom is -0.493 e. The number of esters is 1. The monoisotopic (exact) mass is 631 g/mol. The zero-order valence-corrected chi connectivity index (χ0v) is 24.5. The lowest BCUT2D eigenvalue weighted by atomic mass is 9.94. The van der Waals surface area contributed by atoms with Gasteiger partial charge in [-0.05, 0) is 53.5 Å². The first-order valence-electron chi connectivity index (χ1n) is 12.1. The van der Waals surface area contributed by atoms with Gasteiger partial charge in [-0.25, -0.2) is 9.79 Å². The van der Waals surface area contributed by atoms with Crippen molar-refractivity contribution in [3.05, 3.63) is 93.1 Å². The van der Waals surface area contributed by atoms with Crippen molar-refractivity contribution in [2.24, 2.45) is 4.99 Å². The van der Waals surface area contributed by atoms with Crippen LogP contribution in [-0.2, 0) is 14.3 Å². The Hall–Kier alpha value is -3.81. The third kappa shape index (κ3) is 5.71. The molecule has 2 heterocycles. The van der Waals surface area contributed by atoms with Crippen LogP contribution in [0.3, 0.4) is 0 Å². The first-order valence-corrected chi connectivity index (χ1v) is 13.7. The van der Waals surface area contributed by atoms with Gasteiger partial charge in [0.2, 0.25) is 0 Å². The molecule has 0 N–H and O–H groups in total. The van der Waals surface area contributed by atoms with Gasteiger partial charge < -0.3 is 18.9 Å². The van der Waals surface area contributed by atoms with E-state index in [1.165, 1.54) is 24.9 Å². The Labute approximate surface area is 241 Å². The van der Waals surface area contributed by atoms with E-state index in [0.29, 0.717) is 44.2 Å². The number of methoxy groups -OCH3 is 2. The maximum atomic E-state index is 13.9. The number of nitro groups is 1. The van der Waals surface area contributed by atoms with E-state index in [0.717, 1.165) is 11.3 Å². The van der Waals surface area contributed by atoms with Crippen LogP contribution in [0.1, 0.15) is 31.0 Å². The van der Waals surface area contributed by atoms with Gasteiger partial charge in [0, 0.05) is 18.7 Å². The molecule has 11 nitrogen and oxygen atoms in total. The largest absolute Gasteiger partial charge is 0.493 e. The highest BCUT2D eigenvalue weighted by Gasteiger charge is 2.36. The van der Waals surface area contributed by atoms with Crippen LogP contribution in [0.25, 0.3) is 6.08 Å². The fraction of sp³-hybridized carbons (Fsp3) is 0.296. The van der Waals surface area contributed by atoms with Gasteiger partial charge in [0.15, 0.2) is 16.3 Å². The Morgan fingerprint density at radius 3 is 2.70 bits per heavy atom. The molecule has 1 aliphatic heterocycles. The fourth-order valence-corrected chi connectivity index (χ4v) is 5.73. The van der Waals surface area contributed by atoms with E-state index in [9.17, 15) is 19.7 Å². The summed E-state index contributed by atoms with van der Waals surface area (Å²) in [5, 5.41) is 11.4. The zero-order chi connectivity index (χ0) is 29.0. The predicted molar refractivity (Wildman–Crippen MR) is 152 cm³/mol. The number of fused-ring (bicyclic) bond motifs is 1. The second-order valence-corrected chi connectivity index (χ2v) is 10.4. The third-order valence-corrected chi connectivity index (χ3v) is 7.69. The van der Waals surface area contributed by atoms with Crippen molar-refractivity contribution in [2.45, 2.75) is 19.9 Å². The number of allylic oxidation sites excluding steroid dienone is 1. The average molecular weight is 632 g/mol. The Morgan fingerprint density at radius 2 is 2.02 bits per heavy atom. The number of para-hydroxylation sites is 1. The highest BCUT2D eigenvalue weighted by molar-refractivity contribution is 9.10. The quantitative estimate of drug-likeness (QED) is 0.144. The SMILES string of the molecule is CCOc1c(OC)cccc1[C@@H]1C(C(=O)OCCOC)=C(C)N=c2s/c(=C/c3ccc(Br)c([N+](=O)[O-])c3)c(=O)n21. The van der Waals surface area contributed by atoms with E-state index in [-0.39, 0.29) is 29.0 Å². The van der Waals surface area contributed by atoms with E-state index >= 15 is 0 Å². The van der Waals surface area contributed by atoms with Gasteiger partial charge in [-0.1, -0.05) is 29.5 Å². The molecular formula is C27H26BrN3O8S. The van der Waals surface area contributed by atoms with Crippen LogP contribution >= 0.6 is 27.3 Å². The van der Waals surface area contributed by atoms with Gasteiger partial charge >= 0.3 is 5.97 Å². The molecular weight excluding hydrogens is 606 g/mol. The second kappa shape index (κ2) is 12.6. The van der Waals surface area contributed by atoms with Crippen LogP contribution in [0, 0.1) is 10.1 Å². The standard InChI is InChI=1S/C27H26BrN3O8S/c1-5-38-24-17(7-6-8-20(24)37-4)23-22(26(33)39-12-11-36-3)15(2)29-27-30(23)25(32)21(40-27)14-16-9-10-18(28)19(13-16)31(34)35/h6-10,13-14,23H,5,11-12H2,1-4H3/b21-14+/t23-/m1/s1. The minimum absolute atomic E-state index is 0.0159. The maximum absolute atomic E-state index is 13.9. The molecule has 1 atom stereocenters. The molecule has 210 valence electrons. The molecule has 1 aromatic heterocycles. The summed E-state index contributed by atoms with van der Waals surface area (Å²) in [6.45, 7) is 4.02. The van der Waals surface area contributed by atoms with E-state index in [4.69, 9.17) is 18.9 Å². The Bertz CT molecular complexity index is 1680. The lowest BCUT2D eigenvalue weighted by Crippen LogP contribution is -2.40. The molecule has 1 aliphatic rings. The van der Waals surface area contributed by atoms with E-state index in [2.05, 4.69) is 20.9 Å².